The molecule has 1 heterocycles. The molecule has 0 radical (unpaired) electrons. The number of piperazine rings is 1. The van der Waals surface area contributed by atoms with Crippen LogP contribution in [0.25, 0.3) is 0 Å². The Bertz CT molecular complexity index is 594. The molecule has 2 atom stereocenters. The quantitative estimate of drug-likeness (QED) is 0.595. The first-order chi connectivity index (χ1) is 9.36. The van der Waals surface area contributed by atoms with Gasteiger partial charge in [0.15, 0.2) is 0 Å². The Hall–Kier alpha value is 0.110. The van der Waals surface area contributed by atoms with Crippen molar-refractivity contribution in [3.05, 3.63) is 28.8 Å². The average Bonchev–Trinajstić information content (AvgIpc) is 2.41. The topological polar surface area (TPSA) is 49.4 Å². The van der Waals surface area contributed by atoms with Gasteiger partial charge in [-0.15, -0.1) is 0 Å². The molecule has 4 nitrogen and oxygen atoms in total. The van der Waals surface area contributed by atoms with E-state index in [4.69, 9.17) is 11.6 Å². The molecule has 1 aromatic carbocycles. The molecular weight excluding hydrogens is 411 g/mol. The van der Waals surface area contributed by atoms with Crippen LogP contribution in [0.5, 0.6) is 0 Å². The summed E-state index contributed by atoms with van der Waals surface area (Å²) in [7, 11) is -3.46. The van der Waals surface area contributed by atoms with Crippen LogP contribution in [-0.2, 0) is 14.5 Å². The number of alkyl halides is 1. The minimum absolute atomic E-state index is 0.0464. The third-order valence-corrected chi connectivity index (χ3v) is 6.64. The lowest BCUT2D eigenvalue weighted by Crippen LogP contribution is -2.56. The number of benzene rings is 1. The van der Waals surface area contributed by atoms with Crippen molar-refractivity contribution in [2.24, 2.45) is 0 Å². The van der Waals surface area contributed by atoms with E-state index < -0.39 is 10.0 Å². The Morgan fingerprint density at radius 3 is 2.80 bits per heavy atom. The fourth-order valence-electron chi connectivity index (χ4n) is 2.27. The fraction of sp³-hybridized carbons (Fsp3) is 0.538. The van der Waals surface area contributed by atoms with Crippen LogP contribution in [-0.4, -0.2) is 37.9 Å². The summed E-state index contributed by atoms with van der Waals surface area (Å²) in [5.41, 5.74) is 0.851. The lowest BCUT2D eigenvalue weighted by molar-refractivity contribution is 0.244. The number of hydrogen-bond acceptors (Lipinski definition) is 3. The fourth-order valence-corrected chi connectivity index (χ4v) is 5.08. The molecule has 0 aromatic heterocycles. The predicted molar refractivity (Wildman–Crippen MR) is 90.0 cm³/mol. The standard InChI is InChI=1S/C13H18ClIN2O2S/c1-9-8-17(10(2)7-16-9)20(18,19)12-3-4-13(14)11(5-12)6-15/h3-5,9-10,16H,6-8H2,1-2H3/t9-,10+/m1/s1. The zero-order valence-corrected chi connectivity index (χ0v) is 15.2. The highest BCUT2D eigenvalue weighted by Gasteiger charge is 2.33. The Morgan fingerprint density at radius 1 is 1.45 bits per heavy atom. The Labute approximate surface area is 139 Å². The maximum absolute atomic E-state index is 12.8. The van der Waals surface area contributed by atoms with E-state index in [0.29, 0.717) is 27.4 Å². The van der Waals surface area contributed by atoms with E-state index in [1.165, 1.54) is 0 Å². The second-order valence-electron chi connectivity index (χ2n) is 5.12. The zero-order valence-electron chi connectivity index (χ0n) is 11.4. The Morgan fingerprint density at radius 2 is 2.15 bits per heavy atom. The van der Waals surface area contributed by atoms with Gasteiger partial charge in [-0.05, 0) is 37.6 Å². The van der Waals surface area contributed by atoms with Crippen LogP contribution in [0.4, 0.5) is 0 Å². The lowest BCUT2D eigenvalue weighted by Gasteiger charge is -2.36. The monoisotopic (exact) mass is 428 g/mol. The molecule has 0 aliphatic carbocycles. The molecule has 1 fully saturated rings. The van der Waals surface area contributed by atoms with Crippen molar-refractivity contribution in [2.75, 3.05) is 13.1 Å². The summed E-state index contributed by atoms with van der Waals surface area (Å²) in [4.78, 5) is 0.328. The third-order valence-electron chi connectivity index (χ3n) is 3.47. The largest absolute Gasteiger partial charge is 0.311 e. The predicted octanol–water partition coefficient (Wildman–Crippen LogP) is 2.65. The van der Waals surface area contributed by atoms with E-state index in [9.17, 15) is 8.42 Å². The summed E-state index contributed by atoms with van der Waals surface area (Å²) in [6, 6.07) is 5.06. The summed E-state index contributed by atoms with van der Waals surface area (Å²) in [5.74, 6) is 0. The molecule has 7 heteroatoms. The third kappa shape index (κ3) is 3.30. The number of halogens is 2. The summed E-state index contributed by atoms with van der Waals surface area (Å²) < 4.78 is 27.8. The smallest absolute Gasteiger partial charge is 0.243 e. The highest BCUT2D eigenvalue weighted by Crippen LogP contribution is 2.26. The van der Waals surface area contributed by atoms with Crippen molar-refractivity contribution in [3.8, 4) is 0 Å². The van der Waals surface area contributed by atoms with Crippen LogP contribution in [0.3, 0.4) is 0 Å². The van der Waals surface area contributed by atoms with Crippen molar-refractivity contribution in [1.82, 2.24) is 9.62 Å². The van der Waals surface area contributed by atoms with Crippen molar-refractivity contribution >= 4 is 44.2 Å². The van der Waals surface area contributed by atoms with Gasteiger partial charge in [-0.3, -0.25) is 0 Å². The van der Waals surface area contributed by atoms with E-state index in [1.54, 1.807) is 22.5 Å². The highest BCUT2D eigenvalue weighted by atomic mass is 127. The molecule has 1 aromatic rings. The summed E-state index contributed by atoms with van der Waals surface area (Å²) in [6.07, 6.45) is 0. The average molecular weight is 429 g/mol. The molecule has 0 spiro atoms. The van der Waals surface area contributed by atoms with Crippen LogP contribution in [0.2, 0.25) is 5.02 Å². The van der Waals surface area contributed by atoms with Gasteiger partial charge >= 0.3 is 0 Å². The van der Waals surface area contributed by atoms with E-state index in [-0.39, 0.29) is 12.1 Å². The van der Waals surface area contributed by atoms with Gasteiger partial charge in [0.25, 0.3) is 0 Å². The molecule has 1 N–H and O–H groups in total. The number of sulfonamides is 1. The first kappa shape index (κ1) is 16.5. The van der Waals surface area contributed by atoms with Crippen molar-refractivity contribution in [2.45, 2.75) is 35.3 Å². The summed E-state index contributed by atoms with van der Waals surface area (Å²) in [6.45, 7) is 5.08. The van der Waals surface area contributed by atoms with Gasteiger partial charge in [-0.1, -0.05) is 34.2 Å². The molecule has 2 rings (SSSR count). The molecule has 0 bridgehead atoms. The Kier molecular flexibility index (Phi) is 5.34. The van der Waals surface area contributed by atoms with Crippen LogP contribution >= 0.6 is 34.2 Å². The second kappa shape index (κ2) is 6.48. The van der Waals surface area contributed by atoms with Crippen LogP contribution in [0.1, 0.15) is 19.4 Å². The molecule has 1 aliphatic heterocycles. The van der Waals surface area contributed by atoms with Crippen molar-refractivity contribution in [3.63, 3.8) is 0 Å². The van der Waals surface area contributed by atoms with Gasteiger partial charge in [0, 0.05) is 34.6 Å². The van der Waals surface area contributed by atoms with Gasteiger partial charge in [0.1, 0.15) is 0 Å². The molecule has 112 valence electrons. The first-order valence-corrected chi connectivity index (χ1v) is 9.80. The minimum atomic E-state index is -3.46. The summed E-state index contributed by atoms with van der Waals surface area (Å²) >= 11 is 8.24. The van der Waals surface area contributed by atoms with Crippen molar-refractivity contribution in [1.29, 1.82) is 0 Å². The summed E-state index contributed by atoms with van der Waals surface area (Å²) in [5, 5.41) is 3.90. The van der Waals surface area contributed by atoms with E-state index >= 15 is 0 Å². The normalized spacial score (nSPS) is 24.8. The van der Waals surface area contributed by atoms with Gasteiger partial charge in [0.05, 0.1) is 4.90 Å². The zero-order chi connectivity index (χ0) is 14.9. The minimum Gasteiger partial charge on any atom is -0.311 e. The van der Waals surface area contributed by atoms with Gasteiger partial charge in [-0.2, -0.15) is 4.31 Å². The number of nitrogens with zero attached hydrogens (tertiary/aromatic N) is 1. The van der Waals surface area contributed by atoms with E-state index in [1.807, 2.05) is 13.8 Å². The van der Waals surface area contributed by atoms with Gasteiger partial charge in [-0.25, -0.2) is 8.42 Å². The molecule has 20 heavy (non-hydrogen) atoms. The van der Waals surface area contributed by atoms with E-state index in [2.05, 4.69) is 27.9 Å². The molecule has 0 amide bonds. The number of hydrogen-bond donors (Lipinski definition) is 1. The van der Waals surface area contributed by atoms with Crippen molar-refractivity contribution < 1.29 is 8.42 Å². The second-order valence-corrected chi connectivity index (χ2v) is 8.18. The van der Waals surface area contributed by atoms with Crippen LogP contribution in [0, 0.1) is 0 Å². The lowest BCUT2D eigenvalue weighted by atomic mass is 10.2. The number of nitrogens with one attached hydrogen (secondary N) is 1. The molecular formula is C13H18ClIN2O2S. The van der Waals surface area contributed by atoms with Crippen LogP contribution < -0.4 is 5.32 Å². The van der Waals surface area contributed by atoms with E-state index in [0.717, 1.165) is 5.56 Å². The Balaban J connectivity index is 2.39. The molecule has 0 saturated carbocycles. The number of rotatable bonds is 3. The highest BCUT2D eigenvalue weighted by molar-refractivity contribution is 14.1. The molecule has 1 saturated heterocycles. The SMILES string of the molecule is C[C@@H]1CN(S(=O)(=O)c2ccc(Cl)c(CI)c2)[C@@H](C)CN1. The van der Waals surface area contributed by atoms with Gasteiger partial charge < -0.3 is 5.32 Å². The molecule has 1 aliphatic rings. The molecule has 0 unspecified atom stereocenters. The maximum Gasteiger partial charge on any atom is 0.243 e. The maximum atomic E-state index is 12.8. The first-order valence-electron chi connectivity index (χ1n) is 6.46. The van der Waals surface area contributed by atoms with Crippen LogP contribution in [0.15, 0.2) is 23.1 Å². The van der Waals surface area contributed by atoms with Gasteiger partial charge in [0.2, 0.25) is 10.0 Å².